The van der Waals surface area contributed by atoms with E-state index in [2.05, 4.69) is 69.1 Å². The molecule has 2 aromatic rings. The van der Waals surface area contributed by atoms with Crippen molar-refractivity contribution in [2.75, 3.05) is 26.2 Å². The molecular formula is C78H109N15O29. The number of phenolic OH excluding ortho intramolecular Hbond substituents is 1. The summed E-state index contributed by atoms with van der Waals surface area (Å²) in [5.41, 5.74) is 5.94. The summed E-state index contributed by atoms with van der Waals surface area (Å²) >= 11 is 0. The number of alkyl carbamates (subject to hydrolysis) is 1. The number of nitrogens with one attached hydrogen (secondary N) is 13. The number of amides is 15. The zero-order valence-electron chi connectivity index (χ0n) is 67.7. The summed E-state index contributed by atoms with van der Waals surface area (Å²) in [5.74, 6) is -26.6. The molecule has 4 rings (SSSR count). The number of carbonyl (C=O) groups excluding carboxylic acids is 15. The van der Waals surface area contributed by atoms with Gasteiger partial charge in [-0.05, 0) is 112 Å². The van der Waals surface area contributed by atoms with E-state index in [1.165, 1.54) is 55.5 Å². The van der Waals surface area contributed by atoms with Crippen LogP contribution in [0.1, 0.15) is 161 Å². The Kier molecular flexibility index (Phi) is 42.9. The van der Waals surface area contributed by atoms with Crippen LogP contribution in [0, 0.1) is 11.8 Å². The molecule has 44 nitrogen and oxygen atoms in total. The van der Waals surface area contributed by atoms with E-state index in [1.807, 2.05) is 12.2 Å². The number of phenols is 1. The smallest absolute Gasteiger partial charge is 0.407 e. The number of carboxylic acids is 6. The number of carbonyl (C=O) groups is 21. The van der Waals surface area contributed by atoms with Crippen molar-refractivity contribution in [3.8, 4) is 5.75 Å². The second kappa shape index (κ2) is 51.9. The van der Waals surface area contributed by atoms with Crippen molar-refractivity contribution in [2.24, 2.45) is 17.6 Å². The minimum absolute atomic E-state index is 0.0470. The predicted molar refractivity (Wildman–Crippen MR) is 423 cm³/mol. The number of hydrogen-bond acceptors (Lipinski definition) is 23. The molecule has 2 aliphatic rings. The Morgan fingerprint density at radius 1 is 0.443 bits per heavy atom. The van der Waals surface area contributed by atoms with Gasteiger partial charge in [0.15, 0.2) is 0 Å². The lowest BCUT2D eigenvalue weighted by Crippen LogP contribution is -2.61. The number of primary amides is 1. The van der Waals surface area contributed by atoms with Crippen molar-refractivity contribution in [1.29, 1.82) is 0 Å². The third kappa shape index (κ3) is 37.7. The lowest BCUT2D eigenvalue weighted by molar-refractivity contribution is -0.144. The quantitative estimate of drug-likeness (QED) is 0.0291. The fraction of sp³-hybridized carbons (Fsp3) is 0.551. The topological polar surface area (TPSA) is 695 Å². The van der Waals surface area contributed by atoms with Gasteiger partial charge in [-0.2, -0.15) is 0 Å². The van der Waals surface area contributed by atoms with Crippen LogP contribution in [-0.4, -0.2) is 264 Å². The molecule has 122 heavy (non-hydrogen) atoms. The fourth-order valence-corrected chi connectivity index (χ4v) is 12.7. The normalized spacial score (nSPS) is 16.5. The maximum Gasteiger partial charge on any atom is 0.407 e. The van der Waals surface area contributed by atoms with E-state index in [-0.39, 0.29) is 56.4 Å². The molecule has 0 aromatic heterocycles. The molecule has 1 aliphatic heterocycles. The minimum Gasteiger partial charge on any atom is -0.508 e. The molecule has 1 heterocycles. The highest BCUT2D eigenvalue weighted by molar-refractivity contribution is 6.01. The standard InChI is InChI=1S/C78H109N15O29/c1-5-42(4)66(76(118)93-32-14-19-56(93)75(117)88-49(26-30-63(103)104)69(111)85-48(25-29-62(101)102)70(112)89-52(35-44-20-22-45(94)23-21-44)73(115)91-55(77(119)120)33-41(2)3)92-71(113)50(27-31-64(105)106)86-68(110)47(24-28-61(99)100)87-72(114)51(34-43-15-10-9-11-16-43)90-74(116)54(37-65(107)108)84-60(98)40-81-67(109)53(36-57(79)95)83-59(97)39-80-58(96)38-82-78(121)122-46-17-12-7-6-8-13-18-46/h6-7,9-11,15-16,20-23,41-42,46-56,66,94H,5,8,12-14,17-19,24-40H2,1-4H3,(H2,79,95)(H,80,96)(H,81,109)(H,82,121)(H,83,97)(H,84,98)(H,85,111)(H,86,110)(H,87,114)(H,88,117)(H,89,112)(H,90,116)(H,91,115)(H,92,113)(H,99,100)(H,101,102)(H,103,104)(H,105,106)(H,107,108)(H,119,120)/b7-6+/t42-,46?,47-,48-,49-,50-,51-,52-,53-,54-,55-,56-,66-/m0/s1. The number of rotatable bonds is 52. The van der Waals surface area contributed by atoms with Crippen LogP contribution < -0.4 is 74.9 Å². The molecule has 1 aliphatic carbocycles. The molecular weight excluding hydrogens is 1610 g/mol. The first-order chi connectivity index (χ1) is 57.6. The Balaban J connectivity index is 1.55. The highest BCUT2D eigenvalue weighted by atomic mass is 16.6. The predicted octanol–water partition coefficient (Wildman–Crippen LogP) is -3.15. The molecule has 13 atom stereocenters. The van der Waals surface area contributed by atoms with E-state index < -0.39 is 287 Å². The van der Waals surface area contributed by atoms with Gasteiger partial charge in [0, 0.05) is 45.1 Å². The highest BCUT2D eigenvalue weighted by Crippen LogP contribution is 2.24. The molecule has 22 N–H and O–H groups in total. The number of benzene rings is 2. The summed E-state index contributed by atoms with van der Waals surface area (Å²) < 4.78 is 5.37. The van der Waals surface area contributed by atoms with Crippen LogP contribution >= 0.6 is 0 Å². The number of aliphatic carboxylic acids is 6. The lowest BCUT2D eigenvalue weighted by atomic mass is 9.96. The van der Waals surface area contributed by atoms with Gasteiger partial charge >= 0.3 is 41.9 Å². The molecule has 670 valence electrons. The van der Waals surface area contributed by atoms with Gasteiger partial charge in [0.1, 0.15) is 84.9 Å². The first-order valence-corrected chi connectivity index (χ1v) is 39.5. The Labute approximate surface area is 699 Å². The number of aromatic hydroxyl groups is 1. The maximum absolute atomic E-state index is 14.9. The van der Waals surface area contributed by atoms with Gasteiger partial charge in [-0.25, -0.2) is 9.59 Å². The van der Waals surface area contributed by atoms with Crippen molar-refractivity contribution < 1.29 is 141 Å². The summed E-state index contributed by atoms with van der Waals surface area (Å²) in [5, 5.41) is 98.6. The number of hydrogen-bond donors (Lipinski definition) is 21. The van der Waals surface area contributed by atoms with Gasteiger partial charge in [0.2, 0.25) is 82.7 Å². The van der Waals surface area contributed by atoms with Crippen molar-refractivity contribution in [3.05, 3.63) is 77.9 Å². The first-order valence-electron chi connectivity index (χ1n) is 39.5. The molecule has 0 bridgehead atoms. The Morgan fingerprint density at radius 2 is 0.877 bits per heavy atom. The summed E-state index contributed by atoms with van der Waals surface area (Å²) in [6, 6.07) is -6.68. The first kappa shape index (κ1) is 101. The zero-order chi connectivity index (χ0) is 90.9. The molecule has 15 amide bonds. The van der Waals surface area contributed by atoms with Gasteiger partial charge in [-0.15, -0.1) is 0 Å². The number of ether oxygens (including phenoxy) is 1. The maximum atomic E-state index is 14.9. The van der Waals surface area contributed by atoms with Crippen LogP contribution in [0.2, 0.25) is 0 Å². The van der Waals surface area contributed by atoms with Crippen LogP contribution in [-0.2, 0) is 113 Å². The minimum atomic E-state index is -2.08. The van der Waals surface area contributed by atoms with E-state index in [0.29, 0.717) is 30.4 Å². The summed E-state index contributed by atoms with van der Waals surface area (Å²) in [6.45, 7) is 3.78. The van der Waals surface area contributed by atoms with Crippen molar-refractivity contribution in [2.45, 2.75) is 235 Å². The molecule has 0 radical (unpaired) electrons. The van der Waals surface area contributed by atoms with E-state index >= 15 is 0 Å². The van der Waals surface area contributed by atoms with Gasteiger partial charge in [0.05, 0.1) is 25.9 Å². The molecule has 1 fully saturated rings. The summed E-state index contributed by atoms with van der Waals surface area (Å²) in [4.78, 5) is 280. The van der Waals surface area contributed by atoms with E-state index in [9.17, 15) is 136 Å². The van der Waals surface area contributed by atoms with Gasteiger partial charge in [-0.3, -0.25) is 91.1 Å². The van der Waals surface area contributed by atoms with Crippen LogP contribution in [0.25, 0.3) is 0 Å². The largest absolute Gasteiger partial charge is 0.508 e. The number of nitrogens with zero attached hydrogens (tertiary/aromatic N) is 1. The average molecular weight is 1720 g/mol. The number of likely N-dealkylation sites (tertiary alicyclic amines) is 1. The third-order valence-electron chi connectivity index (χ3n) is 19.3. The van der Waals surface area contributed by atoms with Crippen molar-refractivity contribution in [1.82, 2.24) is 74.0 Å². The van der Waals surface area contributed by atoms with Crippen LogP contribution in [0.15, 0.2) is 66.7 Å². The monoisotopic (exact) mass is 1720 g/mol. The van der Waals surface area contributed by atoms with Crippen LogP contribution in [0.5, 0.6) is 5.75 Å². The molecule has 0 saturated carbocycles. The molecule has 1 saturated heterocycles. The third-order valence-corrected chi connectivity index (χ3v) is 19.3. The molecule has 2 aromatic carbocycles. The van der Waals surface area contributed by atoms with Gasteiger partial charge in [0.25, 0.3) is 0 Å². The Morgan fingerprint density at radius 3 is 1.35 bits per heavy atom. The Hall–Kier alpha value is -13.4. The van der Waals surface area contributed by atoms with Gasteiger partial charge in [-0.1, -0.05) is 88.7 Å². The van der Waals surface area contributed by atoms with Crippen LogP contribution in [0.4, 0.5) is 4.79 Å². The van der Waals surface area contributed by atoms with Crippen LogP contribution in [0.3, 0.4) is 0 Å². The second-order valence-electron chi connectivity index (χ2n) is 29.6. The summed E-state index contributed by atoms with van der Waals surface area (Å²) in [7, 11) is 0. The molecule has 44 heteroatoms. The number of carboxylic acid groups (broad SMARTS) is 6. The number of nitrogens with two attached hydrogens (primary N) is 1. The second-order valence-corrected chi connectivity index (χ2v) is 29.6. The number of allylic oxidation sites excluding steroid dienone is 2. The van der Waals surface area contributed by atoms with Crippen molar-refractivity contribution >= 4 is 125 Å². The zero-order valence-corrected chi connectivity index (χ0v) is 67.7. The molecule has 0 spiro atoms. The highest BCUT2D eigenvalue weighted by Gasteiger charge is 2.43. The average Bonchev–Trinajstić information content (AvgIpc) is 1.51. The SMILES string of the molecule is CC[C@H](C)[C@H](NC(=O)[C@H](CCC(=O)O)NC(=O)[C@H](CCC(=O)O)NC(=O)[C@H](Cc1ccccc1)NC(=O)[C@H](CC(=O)O)NC(=O)CNC(=O)[C@H](CC(N)=O)NC(=O)CNC(=O)CNC(=O)OC1CC/C=C/CCC1)C(=O)N1CCC[C@H]1C(=O)N[C@@H](CCC(=O)O)C(=O)N[C@@H](CCC(=O)O)C(=O)N[C@@H](Cc1ccc(O)cc1)C(=O)N[C@@H](CC(C)C)C(=O)O. The summed E-state index contributed by atoms with van der Waals surface area (Å²) in [6.07, 6.45) is -2.92. The van der Waals surface area contributed by atoms with Gasteiger partial charge < -0.3 is 120 Å². The molecule has 1 unspecified atom stereocenters. The Bertz CT molecular complexity index is 4090. The fourth-order valence-electron chi connectivity index (χ4n) is 12.7. The lowest BCUT2D eigenvalue weighted by Gasteiger charge is -2.33. The van der Waals surface area contributed by atoms with Crippen molar-refractivity contribution in [3.63, 3.8) is 0 Å². The van der Waals surface area contributed by atoms with E-state index in [1.54, 1.807) is 26.8 Å². The van der Waals surface area contributed by atoms with E-state index in [4.69, 9.17) is 10.5 Å². The van der Waals surface area contributed by atoms with E-state index in [0.717, 1.165) is 17.7 Å².